The van der Waals surface area contributed by atoms with Crippen LogP contribution < -0.4 is 15.8 Å². The normalized spacial score (nSPS) is 10.2. The van der Waals surface area contributed by atoms with Crippen molar-refractivity contribution in [3.8, 4) is 5.75 Å². The molecule has 0 aromatic heterocycles. The zero-order valence-corrected chi connectivity index (χ0v) is 11.6. The molecule has 0 heterocycles. The van der Waals surface area contributed by atoms with Crippen LogP contribution in [0.5, 0.6) is 5.75 Å². The molecule has 0 spiro atoms. The van der Waals surface area contributed by atoms with E-state index in [9.17, 15) is 0 Å². The van der Waals surface area contributed by atoms with E-state index in [4.69, 9.17) is 22.1 Å². The van der Waals surface area contributed by atoms with Gasteiger partial charge in [0.25, 0.3) is 0 Å². The highest BCUT2D eigenvalue weighted by molar-refractivity contribution is 6.30. The van der Waals surface area contributed by atoms with Crippen LogP contribution in [0.25, 0.3) is 0 Å². The minimum absolute atomic E-state index is 0.615. The molecule has 2 aromatic rings. The number of ether oxygens (including phenoxy) is 1. The summed E-state index contributed by atoms with van der Waals surface area (Å²) in [5, 5.41) is 3.98. The average Bonchev–Trinajstić information content (AvgIpc) is 2.41. The van der Waals surface area contributed by atoms with Crippen LogP contribution in [0.1, 0.15) is 12.5 Å². The predicted octanol–water partition coefficient (Wildman–Crippen LogP) is 3.93. The van der Waals surface area contributed by atoms with Crippen LogP contribution in [0.2, 0.25) is 5.02 Å². The van der Waals surface area contributed by atoms with Gasteiger partial charge in [-0.2, -0.15) is 0 Å². The number of hydrogen-bond donors (Lipinski definition) is 2. The zero-order chi connectivity index (χ0) is 13.7. The van der Waals surface area contributed by atoms with Crippen LogP contribution in [0.3, 0.4) is 0 Å². The molecule has 0 bridgehead atoms. The second-order valence-corrected chi connectivity index (χ2v) is 4.56. The van der Waals surface area contributed by atoms with Crippen molar-refractivity contribution in [1.82, 2.24) is 0 Å². The van der Waals surface area contributed by atoms with E-state index in [1.54, 1.807) is 0 Å². The molecule has 19 heavy (non-hydrogen) atoms. The molecular weight excluding hydrogens is 260 g/mol. The standard InChI is InChI=1S/C15H17ClN2O/c1-2-19-15-8-7-12(16)9-14(15)18-10-11-5-3-4-6-13(11)17/h3-9,18H,2,10,17H2,1H3. The van der Waals surface area contributed by atoms with Gasteiger partial charge in [-0.25, -0.2) is 0 Å². The third-order valence-electron chi connectivity index (χ3n) is 2.77. The van der Waals surface area contributed by atoms with Crippen molar-refractivity contribution >= 4 is 23.0 Å². The smallest absolute Gasteiger partial charge is 0.142 e. The van der Waals surface area contributed by atoms with Crippen molar-refractivity contribution in [1.29, 1.82) is 0 Å². The third kappa shape index (κ3) is 3.55. The second-order valence-electron chi connectivity index (χ2n) is 4.13. The monoisotopic (exact) mass is 276 g/mol. The highest BCUT2D eigenvalue weighted by atomic mass is 35.5. The SMILES string of the molecule is CCOc1ccc(Cl)cc1NCc1ccccc1N. The Kier molecular flexibility index (Phi) is 4.53. The van der Waals surface area contributed by atoms with Crippen LogP contribution in [0, 0.1) is 0 Å². The summed E-state index contributed by atoms with van der Waals surface area (Å²) in [4.78, 5) is 0. The van der Waals surface area contributed by atoms with Gasteiger partial charge in [0.05, 0.1) is 12.3 Å². The number of nitrogens with one attached hydrogen (secondary N) is 1. The minimum Gasteiger partial charge on any atom is -0.492 e. The summed E-state index contributed by atoms with van der Waals surface area (Å²) in [5.74, 6) is 0.793. The van der Waals surface area contributed by atoms with Gasteiger partial charge in [-0.3, -0.25) is 0 Å². The zero-order valence-electron chi connectivity index (χ0n) is 10.8. The first-order valence-electron chi connectivity index (χ1n) is 6.20. The van der Waals surface area contributed by atoms with Gasteiger partial charge in [-0.05, 0) is 36.8 Å². The fourth-order valence-electron chi connectivity index (χ4n) is 1.81. The fourth-order valence-corrected chi connectivity index (χ4v) is 1.98. The van der Waals surface area contributed by atoms with E-state index >= 15 is 0 Å². The predicted molar refractivity (Wildman–Crippen MR) is 80.8 cm³/mol. The highest BCUT2D eigenvalue weighted by Crippen LogP contribution is 2.28. The number of nitrogens with two attached hydrogens (primary N) is 1. The lowest BCUT2D eigenvalue weighted by molar-refractivity contribution is 0.341. The lowest BCUT2D eigenvalue weighted by Gasteiger charge is -2.13. The summed E-state index contributed by atoms with van der Waals surface area (Å²) < 4.78 is 5.56. The molecule has 0 aliphatic carbocycles. The summed E-state index contributed by atoms with van der Waals surface area (Å²) in [6.07, 6.45) is 0. The molecule has 4 heteroatoms. The largest absolute Gasteiger partial charge is 0.492 e. The van der Waals surface area contributed by atoms with Crippen molar-refractivity contribution in [2.75, 3.05) is 17.7 Å². The molecule has 2 aromatic carbocycles. The maximum absolute atomic E-state index is 6.01. The third-order valence-corrected chi connectivity index (χ3v) is 3.00. The van der Waals surface area contributed by atoms with Crippen molar-refractivity contribution in [3.05, 3.63) is 53.1 Å². The first kappa shape index (κ1) is 13.6. The molecule has 3 N–H and O–H groups in total. The second kappa shape index (κ2) is 6.34. The van der Waals surface area contributed by atoms with Crippen LogP contribution in [0.4, 0.5) is 11.4 Å². The number of nitrogen functional groups attached to an aromatic ring is 1. The highest BCUT2D eigenvalue weighted by Gasteiger charge is 2.05. The molecule has 0 amide bonds. The molecule has 0 saturated heterocycles. The number of hydrogen-bond acceptors (Lipinski definition) is 3. The number of rotatable bonds is 5. The van der Waals surface area contributed by atoms with Crippen molar-refractivity contribution in [2.45, 2.75) is 13.5 Å². The molecule has 0 atom stereocenters. The van der Waals surface area contributed by atoms with Crippen LogP contribution in [-0.2, 0) is 6.54 Å². The van der Waals surface area contributed by atoms with Crippen molar-refractivity contribution in [3.63, 3.8) is 0 Å². The minimum atomic E-state index is 0.615. The number of halogens is 1. The Balaban J connectivity index is 2.14. The maximum atomic E-state index is 6.01. The van der Waals surface area contributed by atoms with E-state index in [1.807, 2.05) is 49.4 Å². The quantitative estimate of drug-likeness (QED) is 0.814. The summed E-state index contributed by atoms with van der Waals surface area (Å²) in [6.45, 7) is 3.20. The molecule has 0 fully saturated rings. The number of anilines is 2. The van der Waals surface area contributed by atoms with Gasteiger partial charge in [0.2, 0.25) is 0 Å². The molecule has 0 radical (unpaired) electrons. The lowest BCUT2D eigenvalue weighted by Crippen LogP contribution is -2.04. The van der Waals surface area contributed by atoms with Gasteiger partial charge in [0.1, 0.15) is 5.75 Å². The Labute approximate surface area is 118 Å². The molecule has 0 aliphatic rings. The first-order valence-corrected chi connectivity index (χ1v) is 6.58. The summed E-state index contributed by atoms with van der Waals surface area (Å²) in [5.41, 5.74) is 8.61. The summed E-state index contributed by atoms with van der Waals surface area (Å²) in [6, 6.07) is 13.3. The van der Waals surface area contributed by atoms with Crippen LogP contribution in [-0.4, -0.2) is 6.61 Å². The van der Waals surface area contributed by atoms with Gasteiger partial charge in [0.15, 0.2) is 0 Å². The number of para-hydroxylation sites is 1. The van der Waals surface area contributed by atoms with Gasteiger partial charge in [-0.15, -0.1) is 0 Å². The van der Waals surface area contributed by atoms with Gasteiger partial charge in [-0.1, -0.05) is 29.8 Å². The lowest BCUT2D eigenvalue weighted by atomic mass is 10.2. The molecule has 100 valence electrons. The van der Waals surface area contributed by atoms with E-state index in [0.717, 1.165) is 22.7 Å². The fraction of sp³-hybridized carbons (Fsp3) is 0.200. The molecule has 2 rings (SSSR count). The Morgan fingerprint density at radius 3 is 2.74 bits per heavy atom. The Morgan fingerprint density at radius 1 is 1.21 bits per heavy atom. The van der Waals surface area contributed by atoms with E-state index in [-0.39, 0.29) is 0 Å². The van der Waals surface area contributed by atoms with E-state index in [2.05, 4.69) is 5.32 Å². The molecular formula is C15H17ClN2O. The summed E-state index contributed by atoms with van der Waals surface area (Å²) >= 11 is 6.01. The topological polar surface area (TPSA) is 47.3 Å². The first-order chi connectivity index (χ1) is 9.20. The Morgan fingerprint density at radius 2 is 2.00 bits per heavy atom. The van der Waals surface area contributed by atoms with E-state index < -0.39 is 0 Å². The Bertz CT molecular complexity index is 558. The Hall–Kier alpha value is -1.87. The summed E-state index contributed by atoms with van der Waals surface area (Å²) in [7, 11) is 0. The molecule has 0 saturated carbocycles. The van der Waals surface area contributed by atoms with Gasteiger partial charge >= 0.3 is 0 Å². The molecule has 3 nitrogen and oxygen atoms in total. The number of benzene rings is 2. The van der Waals surface area contributed by atoms with Crippen molar-refractivity contribution < 1.29 is 4.74 Å². The van der Waals surface area contributed by atoms with Gasteiger partial charge < -0.3 is 15.8 Å². The van der Waals surface area contributed by atoms with Crippen LogP contribution in [0.15, 0.2) is 42.5 Å². The molecule has 0 aliphatic heterocycles. The van der Waals surface area contributed by atoms with Gasteiger partial charge in [0, 0.05) is 17.3 Å². The molecule has 0 unspecified atom stereocenters. The average molecular weight is 277 g/mol. The van der Waals surface area contributed by atoms with E-state index in [1.165, 1.54) is 0 Å². The maximum Gasteiger partial charge on any atom is 0.142 e. The van der Waals surface area contributed by atoms with E-state index in [0.29, 0.717) is 18.2 Å². The van der Waals surface area contributed by atoms with Crippen LogP contribution >= 0.6 is 11.6 Å². The van der Waals surface area contributed by atoms with Crippen molar-refractivity contribution in [2.24, 2.45) is 0 Å².